The predicted octanol–water partition coefficient (Wildman–Crippen LogP) is 3.86. The number of benzene rings is 2. The Morgan fingerprint density at radius 3 is 2.45 bits per heavy atom. The summed E-state index contributed by atoms with van der Waals surface area (Å²) in [6.45, 7) is 1.57. The van der Waals surface area contributed by atoms with Crippen LogP contribution in [0.1, 0.15) is 36.5 Å². The van der Waals surface area contributed by atoms with Gasteiger partial charge in [-0.25, -0.2) is 12.8 Å². The molecule has 1 aliphatic rings. The van der Waals surface area contributed by atoms with Crippen LogP contribution in [0.4, 0.5) is 10.1 Å². The Kier molecular flexibility index (Phi) is 6.36. The van der Waals surface area contributed by atoms with E-state index in [1.54, 1.807) is 0 Å². The van der Waals surface area contributed by atoms with Crippen LogP contribution >= 0.6 is 11.6 Å². The molecule has 1 N–H and O–H groups in total. The molecule has 2 aromatic carbocycles. The first kappa shape index (κ1) is 21.4. The molecule has 1 atom stereocenters. The van der Waals surface area contributed by atoms with Crippen LogP contribution in [0.2, 0.25) is 5.02 Å². The third-order valence-electron chi connectivity index (χ3n) is 4.81. The second kappa shape index (κ2) is 8.61. The van der Waals surface area contributed by atoms with Gasteiger partial charge in [0.15, 0.2) is 5.78 Å². The van der Waals surface area contributed by atoms with E-state index in [2.05, 4.69) is 5.32 Å². The van der Waals surface area contributed by atoms with Crippen molar-refractivity contribution >= 4 is 39.0 Å². The summed E-state index contributed by atoms with van der Waals surface area (Å²) in [6.07, 6.45) is 1.62. The van der Waals surface area contributed by atoms with E-state index in [1.165, 1.54) is 43.3 Å². The number of piperidine rings is 1. The van der Waals surface area contributed by atoms with Crippen LogP contribution in [0.3, 0.4) is 0 Å². The van der Waals surface area contributed by atoms with Gasteiger partial charge in [0.2, 0.25) is 15.9 Å². The van der Waals surface area contributed by atoms with E-state index in [1.807, 2.05) is 0 Å². The fraction of sp³-hybridized carbons (Fsp3) is 0.300. The summed E-state index contributed by atoms with van der Waals surface area (Å²) in [7, 11) is -3.96. The molecule has 3 rings (SSSR count). The number of ketones is 1. The molecule has 0 aromatic heterocycles. The first-order valence-corrected chi connectivity index (χ1v) is 10.9. The molecule has 1 amide bonds. The minimum absolute atomic E-state index is 0.000117. The van der Waals surface area contributed by atoms with Crippen LogP contribution in [-0.4, -0.2) is 37.0 Å². The van der Waals surface area contributed by atoms with Gasteiger partial charge in [-0.1, -0.05) is 30.2 Å². The van der Waals surface area contributed by atoms with Crippen LogP contribution in [0, 0.1) is 5.82 Å². The minimum atomic E-state index is -3.96. The Balaban J connectivity index is 1.86. The zero-order valence-corrected chi connectivity index (χ0v) is 17.3. The van der Waals surface area contributed by atoms with Gasteiger partial charge in [0.1, 0.15) is 11.9 Å². The molecule has 154 valence electrons. The molecule has 0 radical (unpaired) electrons. The van der Waals surface area contributed by atoms with Crippen molar-refractivity contribution in [3.05, 3.63) is 58.9 Å². The molecule has 1 unspecified atom stereocenters. The van der Waals surface area contributed by atoms with Crippen molar-refractivity contribution in [1.82, 2.24) is 4.31 Å². The SMILES string of the molecule is CC(=O)c1ccc(S(=O)(=O)N2CCCCC2C(=O)Nc2ccc(Cl)cc2F)cc1. The summed E-state index contributed by atoms with van der Waals surface area (Å²) in [5, 5.41) is 2.65. The number of anilines is 1. The summed E-state index contributed by atoms with van der Waals surface area (Å²) >= 11 is 5.72. The molecule has 29 heavy (non-hydrogen) atoms. The van der Waals surface area contributed by atoms with Gasteiger partial charge < -0.3 is 5.32 Å². The summed E-state index contributed by atoms with van der Waals surface area (Å²) in [6, 6.07) is 8.47. The van der Waals surface area contributed by atoms with Crippen LogP contribution in [0.25, 0.3) is 0 Å². The Bertz CT molecular complexity index is 1040. The fourth-order valence-corrected chi connectivity index (χ4v) is 5.07. The van der Waals surface area contributed by atoms with Gasteiger partial charge in [-0.3, -0.25) is 9.59 Å². The fourth-order valence-electron chi connectivity index (χ4n) is 3.26. The number of carbonyl (C=O) groups excluding carboxylic acids is 2. The maximum absolute atomic E-state index is 14.0. The zero-order chi connectivity index (χ0) is 21.2. The van der Waals surface area contributed by atoms with Crippen LogP contribution in [0.5, 0.6) is 0 Å². The third kappa shape index (κ3) is 4.66. The van der Waals surface area contributed by atoms with E-state index in [4.69, 9.17) is 11.6 Å². The quantitative estimate of drug-likeness (QED) is 0.718. The summed E-state index contributed by atoms with van der Waals surface area (Å²) in [4.78, 5) is 24.2. The van der Waals surface area contributed by atoms with Crippen LogP contribution in [0.15, 0.2) is 47.4 Å². The van der Waals surface area contributed by atoms with E-state index in [0.717, 1.165) is 10.4 Å². The Morgan fingerprint density at radius 2 is 1.83 bits per heavy atom. The topological polar surface area (TPSA) is 83.6 Å². The number of Topliss-reactive ketones (excluding diaryl/α,β-unsaturated/α-hetero) is 1. The average Bonchev–Trinajstić information content (AvgIpc) is 2.70. The van der Waals surface area contributed by atoms with Crippen molar-refractivity contribution in [2.75, 3.05) is 11.9 Å². The molecule has 2 aromatic rings. The second-order valence-corrected chi connectivity index (χ2v) is 9.15. The lowest BCUT2D eigenvalue weighted by Gasteiger charge is -2.33. The van der Waals surface area contributed by atoms with Crippen molar-refractivity contribution < 1.29 is 22.4 Å². The molecule has 0 saturated carbocycles. The lowest BCUT2D eigenvalue weighted by atomic mass is 10.0. The Labute approximate surface area is 173 Å². The summed E-state index contributed by atoms with van der Waals surface area (Å²) in [5.74, 6) is -1.47. The van der Waals surface area contributed by atoms with E-state index >= 15 is 0 Å². The molecule has 9 heteroatoms. The number of carbonyl (C=O) groups is 2. The van der Waals surface area contributed by atoms with Crippen molar-refractivity contribution in [2.45, 2.75) is 37.1 Å². The smallest absolute Gasteiger partial charge is 0.243 e. The third-order valence-corrected chi connectivity index (χ3v) is 6.97. The normalized spacial score (nSPS) is 17.7. The number of hydrogen-bond acceptors (Lipinski definition) is 4. The molecule has 1 heterocycles. The lowest BCUT2D eigenvalue weighted by Crippen LogP contribution is -2.49. The number of amides is 1. The van der Waals surface area contributed by atoms with Crippen LogP contribution in [-0.2, 0) is 14.8 Å². The average molecular weight is 439 g/mol. The van der Waals surface area contributed by atoms with Crippen LogP contribution < -0.4 is 5.32 Å². The van der Waals surface area contributed by atoms with Crippen molar-refractivity contribution in [2.24, 2.45) is 0 Å². The van der Waals surface area contributed by atoms with Gasteiger partial charge in [-0.05, 0) is 50.1 Å². The first-order chi connectivity index (χ1) is 13.7. The first-order valence-electron chi connectivity index (χ1n) is 9.09. The maximum atomic E-state index is 14.0. The van der Waals surface area contributed by atoms with Crippen molar-refractivity contribution in [1.29, 1.82) is 0 Å². The highest BCUT2D eigenvalue weighted by atomic mass is 35.5. The monoisotopic (exact) mass is 438 g/mol. The van der Waals surface area contributed by atoms with Crippen molar-refractivity contribution in [3.8, 4) is 0 Å². The largest absolute Gasteiger partial charge is 0.322 e. The number of hydrogen-bond donors (Lipinski definition) is 1. The number of halogens is 2. The Morgan fingerprint density at radius 1 is 1.14 bits per heavy atom. The lowest BCUT2D eigenvalue weighted by molar-refractivity contribution is -0.120. The second-order valence-electron chi connectivity index (χ2n) is 6.82. The van der Waals surface area contributed by atoms with Gasteiger partial charge in [0.25, 0.3) is 0 Å². The summed E-state index contributed by atoms with van der Waals surface area (Å²) in [5.41, 5.74) is 0.336. The predicted molar refractivity (Wildman–Crippen MR) is 108 cm³/mol. The van der Waals surface area contributed by atoms with Gasteiger partial charge in [-0.15, -0.1) is 0 Å². The molecule has 0 aliphatic carbocycles. The number of nitrogens with zero attached hydrogens (tertiary/aromatic N) is 1. The summed E-state index contributed by atoms with van der Waals surface area (Å²) < 4.78 is 41.4. The zero-order valence-electron chi connectivity index (χ0n) is 15.7. The van der Waals surface area contributed by atoms with E-state index < -0.39 is 27.8 Å². The highest BCUT2D eigenvalue weighted by Crippen LogP contribution is 2.27. The minimum Gasteiger partial charge on any atom is -0.322 e. The molecule has 0 bridgehead atoms. The van der Waals surface area contributed by atoms with E-state index in [0.29, 0.717) is 24.8 Å². The van der Waals surface area contributed by atoms with E-state index in [9.17, 15) is 22.4 Å². The Hall–Kier alpha value is -2.29. The number of nitrogens with one attached hydrogen (secondary N) is 1. The van der Waals surface area contributed by atoms with Gasteiger partial charge in [-0.2, -0.15) is 4.31 Å². The standard InChI is InChI=1S/C20H20ClFN2O4S/c1-13(25)14-5-8-16(9-6-14)29(27,28)24-11-3-2-4-19(24)20(26)23-18-10-7-15(21)12-17(18)22/h5-10,12,19H,2-4,11H2,1H3,(H,23,26). The molecule has 1 aliphatic heterocycles. The molecular weight excluding hydrogens is 419 g/mol. The molecule has 6 nitrogen and oxygen atoms in total. The molecule has 1 fully saturated rings. The highest BCUT2D eigenvalue weighted by Gasteiger charge is 2.37. The molecule has 0 spiro atoms. The number of rotatable bonds is 5. The van der Waals surface area contributed by atoms with E-state index in [-0.39, 0.29) is 27.9 Å². The molecular formula is C20H20ClFN2O4S. The van der Waals surface area contributed by atoms with Gasteiger partial charge >= 0.3 is 0 Å². The molecule has 1 saturated heterocycles. The highest BCUT2D eigenvalue weighted by molar-refractivity contribution is 7.89. The maximum Gasteiger partial charge on any atom is 0.243 e. The van der Waals surface area contributed by atoms with Gasteiger partial charge in [0, 0.05) is 17.1 Å². The number of sulfonamides is 1. The van der Waals surface area contributed by atoms with Gasteiger partial charge in [0.05, 0.1) is 10.6 Å². The van der Waals surface area contributed by atoms with Crippen molar-refractivity contribution in [3.63, 3.8) is 0 Å².